The number of amides is 2. The Hall–Kier alpha value is -2.05. The van der Waals surface area contributed by atoms with Gasteiger partial charge in [0.05, 0.1) is 5.56 Å². The maximum Gasteiger partial charge on any atom is 0.254 e. The van der Waals surface area contributed by atoms with Crippen molar-refractivity contribution in [3.63, 3.8) is 0 Å². The fourth-order valence-electron chi connectivity index (χ4n) is 2.89. The molecule has 1 aliphatic rings. The summed E-state index contributed by atoms with van der Waals surface area (Å²) in [6.45, 7) is 2.37. The number of benzene rings is 1. The quantitative estimate of drug-likeness (QED) is 0.830. The SMILES string of the molecule is Cl.Nc1ccccc1CCC(=O)N1CCN(C(=O)c2ccsc2)CC1. The molecule has 0 spiro atoms. The Labute approximate surface area is 157 Å². The average Bonchev–Trinajstić information content (AvgIpc) is 3.15. The molecule has 1 aromatic heterocycles. The molecule has 1 aliphatic heterocycles. The lowest BCUT2D eigenvalue weighted by molar-refractivity contribution is -0.132. The van der Waals surface area contributed by atoms with Gasteiger partial charge in [-0.25, -0.2) is 0 Å². The van der Waals surface area contributed by atoms with Crippen LogP contribution in [0.4, 0.5) is 5.69 Å². The topological polar surface area (TPSA) is 66.6 Å². The van der Waals surface area contributed by atoms with Gasteiger partial charge in [0.15, 0.2) is 0 Å². The highest BCUT2D eigenvalue weighted by atomic mass is 35.5. The highest BCUT2D eigenvalue weighted by Gasteiger charge is 2.24. The van der Waals surface area contributed by atoms with Crippen molar-refractivity contribution in [1.29, 1.82) is 0 Å². The first-order valence-corrected chi connectivity index (χ1v) is 9.02. The monoisotopic (exact) mass is 379 g/mol. The first-order chi connectivity index (χ1) is 11.6. The second-order valence-electron chi connectivity index (χ2n) is 5.88. The van der Waals surface area contributed by atoms with E-state index < -0.39 is 0 Å². The summed E-state index contributed by atoms with van der Waals surface area (Å²) in [6.07, 6.45) is 1.10. The van der Waals surface area contributed by atoms with E-state index in [1.165, 1.54) is 11.3 Å². The minimum absolute atomic E-state index is 0. The highest BCUT2D eigenvalue weighted by molar-refractivity contribution is 7.08. The molecule has 134 valence electrons. The van der Waals surface area contributed by atoms with Crippen LogP contribution >= 0.6 is 23.7 Å². The summed E-state index contributed by atoms with van der Waals surface area (Å²) in [5.41, 5.74) is 8.39. The van der Waals surface area contributed by atoms with E-state index in [-0.39, 0.29) is 24.2 Å². The van der Waals surface area contributed by atoms with Gasteiger partial charge in [-0.15, -0.1) is 12.4 Å². The molecule has 1 aromatic carbocycles. The molecule has 1 fully saturated rings. The van der Waals surface area contributed by atoms with Crippen LogP contribution in [0, 0.1) is 0 Å². The fraction of sp³-hybridized carbons (Fsp3) is 0.333. The van der Waals surface area contributed by atoms with Crippen LogP contribution in [0.5, 0.6) is 0 Å². The Kier molecular flexibility index (Phi) is 6.84. The second kappa shape index (κ2) is 8.87. The number of nitrogens with zero attached hydrogens (tertiary/aromatic N) is 2. The van der Waals surface area contributed by atoms with Crippen LogP contribution in [0.1, 0.15) is 22.3 Å². The molecule has 7 heteroatoms. The summed E-state index contributed by atoms with van der Waals surface area (Å²) in [4.78, 5) is 28.3. The smallest absolute Gasteiger partial charge is 0.254 e. The van der Waals surface area contributed by atoms with Crippen molar-refractivity contribution in [1.82, 2.24) is 9.80 Å². The summed E-state index contributed by atoms with van der Waals surface area (Å²) in [6, 6.07) is 9.48. The van der Waals surface area contributed by atoms with Gasteiger partial charge in [0.25, 0.3) is 5.91 Å². The van der Waals surface area contributed by atoms with Crippen molar-refractivity contribution in [2.45, 2.75) is 12.8 Å². The molecule has 3 rings (SSSR count). The van der Waals surface area contributed by atoms with E-state index in [1.54, 1.807) is 0 Å². The Morgan fingerprint density at radius 1 is 1.04 bits per heavy atom. The Morgan fingerprint density at radius 2 is 1.72 bits per heavy atom. The van der Waals surface area contributed by atoms with Crippen molar-refractivity contribution in [3.8, 4) is 0 Å². The van der Waals surface area contributed by atoms with E-state index in [0.717, 1.165) is 16.8 Å². The van der Waals surface area contributed by atoms with E-state index >= 15 is 0 Å². The number of nitrogen functional groups attached to an aromatic ring is 1. The maximum absolute atomic E-state index is 12.4. The Bertz CT molecular complexity index is 713. The van der Waals surface area contributed by atoms with E-state index in [9.17, 15) is 9.59 Å². The first-order valence-electron chi connectivity index (χ1n) is 8.08. The number of anilines is 1. The third-order valence-corrected chi connectivity index (χ3v) is 5.03. The molecular weight excluding hydrogens is 358 g/mol. The first kappa shape index (κ1) is 19.3. The molecule has 1 saturated heterocycles. The van der Waals surface area contributed by atoms with Gasteiger partial charge in [-0.05, 0) is 29.5 Å². The van der Waals surface area contributed by atoms with Crippen LogP contribution in [0.3, 0.4) is 0 Å². The van der Waals surface area contributed by atoms with Gasteiger partial charge in [0.1, 0.15) is 0 Å². The number of thiophene rings is 1. The van der Waals surface area contributed by atoms with Crippen molar-refractivity contribution >= 4 is 41.2 Å². The number of halogens is 1. The lowest BCUT2D eigenvalue weighted by atomic mass is 10.1. The van der Waals surface area contributed by atoms with Crippen LogP contribution in [-0.2, 0) is 11.2 Å². The number of aryl methyl sites for hydroxylation is 1. The van der Waals surface area contributed by atoms with Gasteiger partial charge in [-0.2, -0.15) is 11.3 Å². The minimum atomic E-state index is 0. The predicted molar refractivity (Wildman–Crippen MR) is 103 cm³/mol. The molecule has 2 heterocycles. The molecule has 0 radical (unpaired) electrons. The summed E-state index contributed by atoms with van der Waals surface area (Å²) in [5.74, 6) is 0.182. The Morgan fingerprint density at radius 3 is 2.36 bits per heavy atom. The number of rotatable bonds is 4. The maximum atomic E-state index is 12.4. The molecule has 0 saturated carbocycles. The van der Waals surface area contributed by atoms with Crippen LogP contribution in [0.25, 0.3) is 0 Å². The summed E-state index contributed by atoms with van der Waals surface area (Å²) < 4.78 is 0. The van der Waals surface area contributed by atoms with Gasteiger partial charge in [0.2, 0.25) is 5.91 Å². The second-order valence-corrected chi connectivity index (χ2v) is 6.66. The number of carbonyl (C=O) groups is 2. The zero-order valence-electron chi connectivity index (χ0n) is 13.9. The van der Waals surface area contributed by atoms with E-state index in [0.29, 0.717) is 39.0 Å². The fourth-order valence-corrected chi connectivity index (χ4v) is 3.52. The van der Waals surface area contributed by atoms with Crippen LogP contribution in [0.15, 0.2) is 41.1 Å². The third kappa shape index (κ3) is 4.74. The number of hydrogen-bond acceptors (Lipinski definition) is 4. The van der Waals surface area contributed by atoms with Crippen molar-refractivity contribution in [3.05, 3.63) is 52.2 Å². The zero-order chi connectivity index (χ0) is 16.9. The van der Waals surface area contributed by atoms with E-state index in [4.69, 9.17) is 5.73 Å². The van der Waals surface area contributed by atoms with Gasteiger partial charge < -0.3 is 15.5 Å². The minimum Gasteiger partial charge on any atom is -0.399 e. The van der Waals surface area contributed by atoms with E-state index in [2.05, 4.69) is 0 Å². The highest BCUT2D eigenvalue weighted by Crippen LogP contribution is 2.15. The molecule has 0 atom stereocenters. The molecular formula is C18H22ClN3O2S. The number of hydrogen-bond donors (Lipinski definition) is 1. The van der Waals surface area contributed by atoms with E-state index in [1.807, 2.05) is 50.9 Å². The largest absolute Gasteiger partial charge is 0.399 e. The normalized spacial score (nSPS) is 14.1. The lowest BCUT2D eigenvalue weighted by Gasteiger charge is -2.34. The van der Waals surface area contributed by atoms with Crippen molar-refractivity contribution in [2.75, 3.05) is 31.9 Å². The standard InChI is InChI=1S/C18H21N3O2S.ClH/c19-16-4-2-1-3-14(16)5-6-17(22)20-8-10-21(11-9-20)18(23)15-7-12-24-13-15;/h1-4,7,12-13H,5-6,8-11,19H2;1H. The average molecular weight is 380 g/mol. The van der Waals surface area contributed by atoms with Gasteiger partial charge >= 0.3 is 0 Å². The number of nitrogens with two attached hydrogens (primary N) is 1. The van der Waals surface area contributed by atoms with Gasteiger partial charge in [-0.3, -0.25) is 9.59 Å². The van der Waals surface area contributed by atoms with Crippen LogP contribution in [0.2, 0.25) is 0 Å². The molecule has 2 aromatic rings. The van der Waals surface area contributed by atoms with Crippen molar-refractivity contribution < 1.29 is 9.59 Å². The summed E-state index contributed by atoms with van der Waals surface area (Å²) >= 11 is 1.52. The third-order valence-electron chi connectivity index (χ3n) is 4.35. The van der Waals surface area contributed by atoms with Crippen LogP contribution < -0.4 is 5.73 Å². The molecule has 25 heavy (non-hydrogen) atoms. The number of carbonyl (C=O) groups excluding carboxylic acids is 2. The molecule has 0 aliphatic carbocycles. The summed E-state index contributed by atoms with van der Waals surface area (Å²) in [5, 5.41) is 3.77. The summed E-state index contributed by atoms with van der Waals surface area (Å²) in [7, 11) is 0. The lowest BCUT2D eigenvalue weighted by Crippen LogP contribution is -2.50. The molecule has 2 amide bonds. The number of piperazine rings is 1. The molecule has 0 unspecified atom stereocenters. The van der Waals surface area contributed by atoms with Crippen molar-refractivity contribution in [2.24, 2.45) is 0 Å². The van der Waals surface area contributed by atoms with Gasteiger partial charge in [0, 0.05) is 43.7 Å². The zero-order valence-corrected chi connectivity index (χ0v) is 15.5. The Balaban J connectivity index is 0.00000225. The van der Waals surface area contributed by atoms with Gasteiger partial charge in [-0.1, -0.05) is 18.2 Å². The molecule has 5 nitrogen and oxygen atoms in total. The number of para-hydroxylation sites is 1. The van der Waals surface area contributed by atoms with Crippen LogP contribution in [-0.4, -0.2) is 47.8 Å². The molecule has 2 N–H and O–H groups in total. The molecule has 0 bridgehead atoms. The predicted octanol–water partition coefficient (Wildman–Crippen LogP) is 2.67.